The summed E-state index contributed by atoms with van der Waals surface area (Å²) in [5.41, 5.74) is 6.54. The van der Waals surface area contributed by atoms with Crippen molar-refractivity contribution < 1.29 is 15.0 Å². The summed E-state index contributed by atoms with van der Waals surface area (Å²) in [4.78, 5) is 10.4. The van der Waals surface area contributed by atoms with Gasteiger partial charge in [0.25, 0.3) is 0 Å². The van der Waals surface area contributed by atoms with E-state index in [0.29, 0.717) is 0 Å². The minimum Gasteiger partial charge on any atom is -0.479 e. The number of aliphatic hydroxyl groups is 1. The van der Waals surface area contributed by atoms with E-state index in [-0.39, 0.29) is 6.42 Å². The highest BCUT2D eigenvalue weighted by atomic mass is 16.4. The van der Waals surface area contributed by atoms with Gasteiger partial charge in [-0.3, -0.25) is 0 Å². The average Bonchev–Trinajstić information content (AvgIpc) is 2.19. The molecule has 0 saturated carbocycles. The van der Waals surface area contributed by atoms with Crippen LogP contribution in [0.5, 0.6) is 0 Å². The maximum absolute atomic E-state index is 10.4. The molecule has 1 aromatic rings. The van der Waals surface area contributed by atoms with Crippen LogP contribution < -0.4 is 5.73 Å². The number of hydrogen-bond donors (Lipinski definition) is 3. The molecule has 0 fully saturated rings. The van der Waals surface area contributed by atoms with Crippen LogP contribution in [-0.4, -0.2) is 22.3 Å². The van der Waals surface area contributed by atoms with Gasteiger partial charge in [0.05, 0.1) is 0 Å². The Labute approximate surface area is 82.0 Å². The fraction of sp³-hybridized carbons (Fsp3) is 0.300. The second-order valence-corrected chi connectivity index (χ2v) is 3.11. The van der Waals surface area contributed by atoms with E-state index < -0.39 is 18.1 Å². The molecule has 0 aromatic heterocycles. The minimum absolute atomic E-state index is 0.0271. The Balaban J connectivity index is 2.59. The molecular weight excluding hydrogens is 182 g/mol. The number of hydrogen-bond acceptors (Lipinski definition) is 3. The number of aliphatic carboxylic acids is 1. The van der Waals surface area contributed by atoms with Gasteiger partial charge in [-0.15, -0.1) is 0 Å². The molecule has 0 bridgehead atoms. The van der Waals surface area contributed by atoms with Gasteiger partial charge in [0.15, 0.2) is 6.10 Å². The van der Waals surface area contributed by atoms with Crippen LogP contribution in [0, 0.1) is 0 Å². The lowest BCUT2D eigenvalue weighted by Gasteiger charge is -2.13. The fourth-order valence-corrected chi connectivity index (χ4v) is 1.18. The zero-order chi connectivity index (χ0) is 10.6. The summed E-state index contributed by atoms with van der Waals surface area (Å²) in [6.07, 6.45) is -1.37. The SMILES string of the molecule is NC(CC(O)C(=O)O)c1ccccc1. The molecule has 0 heterocycles. The summed E-state index contributed by atoms with van der Waals surface area (Å²) < 4.78 is 0. The Morgan fingerprint density at radius 2 is 1.93 bits per heavy atom. The number of aliphatic hydroxyl groups excluding tert-OH is 1. The third kappa shape index (κ3) is 2.83. The Bertz CT molecular complexity index is 299. The lowest BCUT2D eigenvalue weighted by Crippen LogP contribution is -2.25. The molecule has 76 valence electrons. The van der Waals surface area contributed by atoms with Crippen LogP contribution in [0.2, 0.25) is 0 Å². The molecule has 1 aromatic carbocycles. The number of nitrogens with two attached hydrogens (primary N) is 1. The topological polar surface area (TPSA) is 83.5 Å². The van der Waals surface area contributed by atoms with Gasteiger partial charge in [-0.1, -0.05) is 30.3 Å². The van der Waals surface area contributed by atoms with Crippen molar-refractivity contribution in [2.75, 3.05) is 0 Å². The maximum Gasteiger partial charge on any atom is 0.332 e. The normalized spacial score (nSPS) is 14.7. The fourth-order valence-electron chi connectivity index (χ4n) is 1.18. The van der Waals surface area contributed by atoms with Gasteiger partial charge in [0.2, 0.25) is 0 Å². The highest BCUT2D eigenvalue weighted by Crippen LogP contribution is 2.15. The highest BCUT2D eigenvalue weighted by Gasteiger charge is 2.17. The van der Waals surface area contributed by atoms with Crippen LogP contribution in [-0.2, 0) is 4.79 Å². The summed E-state index contributed by atoms with van der Waals surface area (Å²) in [5, 5.41) is 17.6. The predicted molar refractivity (Wildman–Crippen MR) is 51.6 cm³/mol. The number of benzene rings is 1. The van der Waals surface area contributed by atoms with Crippen molar-refractivity contribution in [2.24, 2.45) is 5.73 Å². The summed E-state index contributed by atoms with van der Waals surface area (Å²) in [5.74, 6) is -1.24. The number of carboxylic acid groups (broad SMARTS) is 1. The predicted octanol–water partition coefficient (Wildman–Crippen LogP) is 0.522. The van der Waals surface area contributed by atoms with Crippen molar-refractivity contribution in [3.8, 4) is 0 Å². The molecular formula is C10H13NO3. The molecule has 4 N–H and O–H groups in total. The molecule has 4 heteroatoms. The standard InChI is InChI=1S/C10H13NO3/c11-8(6-9(12)10(13)14)7-4-2-1-3-5-7/h1-5,8-9,12H,6,11H2,(H,13,14). The molecule has 1 rings (SSSR count). The summed E-state index contributed by atoms with van der Waals surface area (Å²) in [6.45, 7) is 0. The maximum atomic E-state index is 10.4. The Morgan fingerprint density at radius 3 is 2.43 bits per heavy atom. The van der Waals surface area contributed by atoms with Gasteiger partial charge in [-0.05, 0) is 5.56 Å². The van der Waals surface area contributed by atoms with E-state index >= 15 is 0 Å². The van der Waals surface area contributed by atoms with E-state index in [0.717, 1.165) is 5.56 Å². The van der Waals surface area contributed by atoms with Gasteiger partial charge < -0.3 is 15.9 Å². The molecule has 14 heavy (non-hydrogen) atoms. The molecule has 4 nitrogen and oxygen atoms in total. The zero-order valence-corrected chi connectivity index (χ0v) is 7.63. The first kappa shape index (κ1) is 10.7. The van der Waals surface area contributed by atoms with Crippen LogP contribution in [0.25, 0.3) is 0 Å². The zero-order valence-electron chi connectivity index (χ0n) is 7.63. The largest absolute Gasteiger partial charge is 0.479 e. The van der Waals surface area contributed by atoms with Crippen molar-refractivity contribution in [3.63, 3.8) is 0 Å². The molecule has 0 amide bonds. The van der Waals surface area contributed by atoms with Gasteiger partial charge in [-0.25, -0.2) is 4.79 Å². The monoisotopic (exact) mass is 195 g/mol. The second kappa shape index (κ2) is 4.74. The van der Waals surface area contributed by atoms with E-state index in [1.165, 1.54) is 0 Å². The number of rotatable bonds is 4. The van der Waals surface area contributed by atoms with Crippen molar-refractivity contribution in [1.29, 1.82) is 0 Å². The lowest BCUT2D eigenvalue weighted by molar-refractivity contribution is -0.147. The van der Waals surface area contributed by atoms with Crippen LogP contribution in [0.1, 0.15) is 18.0 Å². The van der Waals surface area contributed by atoms with Crippen molar-refractivity contribution in [2.45, 2.75) is 18.6 Å². The smallest absolute Gasteiger partial charge is 0.332 e. The lowest BCUT2D eigenvalue weighted by atomic mass is 10.0. The van der Waals surface area contributed by atoms with Gasteiger partial charge >= 0.3 is 5.97 Å². The van der Waals surface area contributed by atoms with Crippen molar-refractivity contribution >= 4 is 5.97 Å². The van der Waals surface area contributed by atoms with E-state index in [1.807, 2.05) is 18.2 Å². The van der Waals surface area contributed by atoms with Crippen molar-refractivity contribution in [3.05, 3.63) is 35.9 Å². The summed E-state index contributed by atoms with van der Waals surface area (Å²) in [7, 11) is 0. The van der Waals surface area contributed by atoms with E-state index in [4.69, 9.17) is 15.9 Å². The molecule has 2 unspecified atom stereocenters. The first-order valence-corrected chi connectivity index (χ1v) is 4.32. The van der Waals surface area contributed by atoms with Crippen LogP contribution in [0.4, 0.5) is 0 Å². The third-order valence-corrected chi connectivity index (χ3v) is 1.99. The van der Waals surface area contributed by atoms with E-state index in [1.54, 1.807) is 12.1 Å². The Morgan fingerprint density at radius 1 is 1.36 bits per heavy atom. The average molecular weight is 195 g/mol. The molecule has 0 aliphatic carbocycles. The molecule has 0 spiro atoms. The molecule has 0 aliphatic heterocycles. The molecule has 0 radical (unpaired) electrons. The van der Waals surface area contributed by atoms with Gasteiger partial charge in [0.1, 0.15) is 0 Å². The second-order valence-electron chi connectivity index (χ2n) is 3.11. The molecule has 0 saturated heterocycles. The first-order valence-electron chi connectivity index (χ1n) is 4.32. The van der Waals surface area contributed by atoms with Gasteiger partial charge in [0, 0.05) is 12.5 Å². The highest BCUT2D eigenvalue weighted by molar-refractivity contribution is 5.71. The quantitative estimate of drug-likeness (QED) is 0.654. The van der Waals surface area contributed by atoms with E-state index in [9.17, 15) is 4.79 Å². The van der Waals surface area contributed by atoms with E-state index in [2.05, 4.69) is 0 Å². The summed E-state index contributed by atoms with van der Waals surface area (Å²) >= 11 is 0. The Hall–Kier alpha value is -1.39. The molecule has 0 aliphatic rings. The minimum atomic E-state index is -1.40. The van der Waals surface area contributed by atoms with Crippen LogP contribution in [0.15, 0.2) is 30.3 Å². The van der Waals surface area contributed by atoms with Crippen molar-refractivity contribution in [1.82, 2.24) is 0 Å². The van der Waals surface area contributed by atoms with Crippen LogP contribution in [0.3, 0.4) is 0 Å². The van der Waals surface area contributed by atoms with Gasteiger partial charge in [-0.2, -0.15) is 0 Å². The van der Waals surface area contributed by atoms with Crippen LogP contribution >= 0.6 is 0 Å². The number of carbonyl (C=O) groups is 1. The molecule has 2 atom stereocenters. The summed E-state index contributed by atoms with van der Waals surface area (Å²) in [6, 6.07) is 8.66. The third-order valence-electron chi connectivity index (χ3n) is 1.99. The number of carboxylic acids is 1. The first-order chi connectivity index (χ1) is 6.61. The Kier molecular flexibility index (Phi) is 3.62.